The van der Waals surface area contributed by atoms with E-state index < -0.39 is 5.97 Å². The maximum atomic E-state index is 11.4. The van der Waals surface area contributed by atoms with Gasteiger partial charge in [0.15, 0.2) is 6.61 Å². The summed E-state index contributed by atoms with van der Waals surface area (Å²) in [6, 6.07) is 18.8. The van der Waals surface area contributed by atoms with Crippen LogP contribution in [0.4, 0.5) is 0 Å². The van der Waals surface area contributed by atoms with E-state index in [4.69, 9.17) is 4.74 Å². The predicted molar refractivity (Wildman–Crippen MR) is 77.6 cm³/mol. The monoisotopic (exact) mass is 260 g/mol. The standard InChI is InChI=1S/C18H12O2/c19-18(14-13-17-10-5-2-6-11-17)20-15-7-12-16-8-3-1-4-9-16/h1-6,8-11H,15H2. The number of hydrogen-bond donors (Lipinski definition) is 0. The average Bonchev–Trinajstić information content (AvgIpc) is 2.52. The first-order valence-electron chi connectivity index (χ1n) is 6.12. The molecule has 0 aromatic heterocycles. The number of carbonyl (C=O) groups excluding carboxylic acids is 1. The Labute approximate surface area is 118 Å². The predicted octanol–water partition coefficient (Wildman–Crippen LogP) is 2.63. The van der Waals surface area contributed by atoms with Crippen molar-refractivity contribution < 1.29 is 9.53 Å². The van der Waals surface area contributed by atoms with Crippen molar-refractivity contribution in [2.75, 3.05) is 6.61 Å². The number of ether oxygens (including phenoxy) is 1. The topological polar surface area (TPSA) is 26.3 Å². The molecule has 0 atom stereocenters. The molecule has 0 unspecified atom stereocenters. The lowest BCUT2D eigenvalue weighted by atomic mass is 10.2. The zero-order valence-electron chi connectivity index (χ0n) is 10.8. The van der Waals surface area contributed by atoms with Crippen molar-refractivity contribution in [3.8, 4) is 23.7 Å². The van der Waals surface area contributed by atoms with E-state index in [2.05, 4.69) is 23.7 Å². The van der Waals surface area contributed by atoms with Gasteiger partial charge in [0.2, 0.25) is 0 Å². The van der Waals surface area contributed by atoms with Gasteiger partial charge < -0.3 is 4.74 Å². The van der Waals surface area contributed by atoms with Crippen LogP contribution in [0.15, 0.2) is 60.7 Å². The minimum absolute atomic E-state index is 0.0389. The summed E-state index contributed by atoms with van der Waals surface area (Å²) in [5.74, 6) is 10.2. The molecule has 0 radical (unpaired) electrons. The fourth-order valence-electron chi connectivity index (χ4n) is 1.44. The Bertz CT molecular complexity index is 680. The van der Waals surface area contributed by atoms with Gasteiger partial charge in [0.05, 0.1) is 0 Å². The van der Waals surface area contributed by atoms with Gasteiger partial charge in [-0.25, -0.2) is 4.79 Å². The van der Waals surface area contributed by atoms with Crippen molar-refractivity contribution >= 4 is 5.97 Å². The molecule has 0 aliphatic rings. The third-order valence-electron chi connectivity index (χ3n) is 2.36. The highest BCUT2D eigenvalue weighted by atomic mass is 16.5. The van der Waals surface area contributed by atoms with Gasteiger partial charge >= 0.3 is 5.97 Å². The molecule has 0 aliphatic heterocycles. The third kappa shape index (κ3) is 4.72. The van der Waals surface area contributed by atoms with Crippen LogP contribution in [0, 0.1) is 23.7 Å². The summed E-state index contributed by atoms with van der Waals surface area (Å²) in [7, 11) is 0. The number of esters is 1. The highest BCUT2D eigenvalue weighted by Gasteiger charge is 1.93. The molecule has 0 saturated carbocycles. The van der Waals surface area contributed by atoms with Crippen LogP contribution in [-0.4, -0.2) is 12.6 Å². The zero-order valence-corrected chi connectivity index (χ0v) is 10.8. The van der Waals surface area contributed by atoms with Crippen molar-refractivity contribution in [3.63, 3.8) is 0 Å². The number of benzene rings is 2. The lowest BCUT2D eigenvalue weighted by Gasteiger charge is -1.92. The second kappa shape index (κ2) is 7.46. The van der Waals surface area contributed by atoms with Crippen molar-refractivity contribution in [2.45, 2.75) is 0 Å². The smallest absolute Gasteiger partial charge is 0.385 e. The lowest BCUT2D eigenvalue weighted by molar-refractivity contribution is -0.135. The Kier molecular flexibility index (Phi) is 5.02. The summed E-state index contributed by atoms with van der Waals surface area (Å²) in [6.07, 6.45) is 0. The first-order valence-corrected chi connectivity index (χ1v) is 6.12. The van der Waals surface area contributed by atoms with Gasteiger partial charge in [0.25, 0.3) is 0 Å². The molecule has 2 heteroatoms. The van der Waals surface area contributed by atoms with Crippen molar-refractivity contribution in [3.05, 3.63) is 71.8 Å². The van der Waals surface area contributed by atoms with Crippen molar-refractivity contribution in [1.82, 2.24) is 0 Å². The van der Waals surface area contributed by atoms with E-state index in [0.29, 0.717) is 0 Å². The summed E-state index contributed by atoms with van der Waals surface area (Å²) in [5.41, 5.74) is 1.67. The molecule has 0 amide bonds. The van der Waals surface area contributed by atoms with E-state index in [9.17, 15) is 4.79 Å². The Balaban J connectivity index is 1.82. The highest BCUT2D eigenvalue weighted by Crippen LogP contribution is 1.95. The van der Waals surface area contributed by atoms with Gasteiger partial charge in [-0.05, 0) is 24.3 Å². The molecule has 0 fully saturated rings. The number of carbonyl (C=O) groups is 1. The van der Waals surface area contributed by atoms with Crippen molar-refractivity contribution in [1.29, 1.82) is 0 Å². The normalized spacial score (nSPS) is 8.60. The van der Waals surface area contributed by atoms with Gasteiger partial charge in [-0.3, -0.25) is 0 Å². The second-order valence-corrected chi connectivity index (χ2v) is 3.86. The second-order valence-electron chi connectivity index (χ2n) is 3.86. The molecule has 0 saturated heterocycles. The lowest BCUT2D eigenvalue weighted by Crippen LogP contribution is -2.01. The quantitative estimate of drug-likeness (QED) is 0.582. The minimum atomic E-state index is -0.573. The van der Waals surface area contributed by atoms with Crippen LogP contribution in [0.5, 0.6) is 0 Å². The number of hydrogen-bond acceptors (Lipinski definition) is 2. The summed E-state index contributed by atoms with van der Waals surface area (Å²) < 4.78 is 4.90. The van der Waals surface area contributed by atoms with Gasteiger partial charge in [-0.15, -0.1) is 0 Å². The first kappa shape index (κ1) is 13.5. The van der Waals surface area contributed by atoms with E-state index in [1.165, 1.54) is 0 Å². The van der Waals surface area contributed by atoms with E-state index in [1.807, 2.05) is 60.7 Å². The summed E-state index contributed by atoms with van der Waals surface area (Å²) in [6.45, 7) is 0.0389. The Hall–Kier alpha value is -2.97. The number of rotatable bonds is 1. The van der Waals surface area contributed by atoms with Crippen LogP contribution in [0.25, 0.3) is 0 Å². The third-order valence-corrected chi connectivity index (χ3v) is 2.36. The van der Waals surface area contributed by atoms with Crippen LogP contribution >= 0.6 is 0 Å². The van der Waals surface area contributed by atoms with Gasteiger partial charge in [0, 0.05) is 17.0 Å². The van der Waals surface area contributed by atoms with Crippen LogP contribution in [0.3, 0.4) is 0 Å². The molecule has 0 spiro atoms. The van der Waals surface area contributed by atoms with Crippen LogP contribution in [-0.2, 0) is 9.53 Å². The molecule has 2 rings (SSSR count). The molecule has 0 bridgehead atoms. The average molecular weight is 260 g/mol. The zero-order chi connectivity index (χ0) is 14.0. The largest absolute Gasteiger partial charge is 0.443 e. The first-order chi connectivity index (χ1) is 9.84. The van der Waals surface area contributed by atoms with E-state index in [1.54, 1.807) is 0 Å². The molecule has 96 valence electrons. The minimum Gasteiger partial charge on any atom is -0.443 e. The fourth-order valence-corrected chi connectivity index (χ4v) is 1.44. The van der Waals surface area contributed by atoms with E-state index >= 15 is 0 Å². The Morgan fingerprint density at radius 1 is 0.850 bits per heavy atom. The molecule has 0 aliphatic carbocycles. The molecule has 2 nitrogen and oxygen atoms in total. The summed E-state index contributed by atoms with van der Waals surface area (Å²) >= 11 is 0. The maximum Gasteiger partial charge on any atom is 0.385 e. The SMILES string of the molecule is O=C(C#Cc1ccccc1)OCC#Cc1ccccc1. The summed E-state index contributed by atoms with van der Waals surface area (Å²) in [4.78, 5) is 11.4. The Morgan fingerprint density at radius 3 is 2.00 bits per heavy atom. The molecule has 0 N–H and O–H groups in total. The van der Waals surface area contributed by atoms with E-state index in [-0.39, 0.29) is 6.61 Å². The molecule has 2 aromatic carbocycles. The maximum absolute atomic E-state index is 11.4. The van der Waals surface area contributed by atoms with Crippen molar-refractivity contribution in [2.24, 2.45) is 0 Å². The summed E-state index contributed by atoms with van der Waals surface area (Å²) in [5, 5.41) is 0. The molecule has 20 heavy (non-hydrogen) atoms. The fraction of sp³-hybridized carbons (Fsp3) is 0.0556. The van der Waals surface area contributed by atoms with E-state index in [0.717, 1.165) is 11.1 Å². The highest BCUT2D eigenvalue weighted by molar-refractivity contribution is 5.89. The Morgan fingerprint density at radius 2 is 1.40 bits per heavy atom. The van der Waals surface area contributed by atoms with Gasteiger partial charge in [-0.2, -0.15) is 0 Å². The van der Waals surface area contributed by atoms with Crippen LogP contribution in [0.1, 0.15) is 11.1 Å². The molecule has 2 aromatic rings. The van der Waals surface area contributed by atoms with Crippen LogP contribution < -0.4 is 0 Å². The van der Waals surface area contributed by atoms with Gasteiger partial charge in [-0.1, -0.05) is 54.2 Å². The van der Waals surface area contributed by atoms with Crippen LogP contribution in [0.2, 0.25) is 0 Å². The van der Waals surface area contributed by atoms with Gasteiger partial charge in [0.1, 0.15) is 0 Å². The molecule has 0 heterocycles. The molecular formula is C18H12O2. The molecular weight excluding hydrogens is 248 g/mol.